The van der Waals surface area contributed by atoms with E-state index in [0.717, 1.165) is 19.4 Å². The summed E-state index contributed by atoms with van der Waals surface area (Å²) in [5.41, 5.74) is -0.0360. The molecule has 0 fully saturated rings. The summed E-state index contributed by atoms with van der Waals surface area (Å²) in [6, 6.07) is 0.509. The van der Waals surface area contributed by atoms with Crippen molar-refractivity contribution in [3.8, 4) is 0 Å². The van der Waals surface area contributed by atoms with Gasteiger partial charge in [0.1, 0.15) is 6.33 Å². The average Bonchev–Trinajstić information content (AvgIpc) is 2.50. The molecule has 0 spiro atoms. The summed E-state index contributed by atoms with van der Waals surface area (Å²) in [5, 5.41) is 7.34. The summed E-state index contributed by atoms with van der Waals surface area (Å²) >= 11 is 0. The molecule has 1 heterocycles. The van der Waals surface area contributed by atoms with Crippen LogP contribution in [0.3, 0.4) is 0 Å². The maximum atomic E-state index is 11.4. The molecule has 1 N–H and O–H groups in total. The molecule has 5 heteroatoms. The van der Waals surface area contributed by atoms with Crippen molar-refractivity contribution in [3.05, 3.63) is 16.8 Å². The largest absolute Gasteiger partial charge is 0.345 e. The van der Waals surface area contributed by atoms with E-state index in [4.69, 9.17) is 0 Å². The van der Waals surface area contributed by atoms with Gasteiger partial charge in [-0.1, -0.05) is 6.92 Å². The minimum Gasteiger partial charge on any atom is -0.315 e. The monoisotopic (exact) mass is 212 g/mol. The van der Waals surface area contributed by atoms with Gasteiger partial charge in [0.2, 0.25) is 0 Å². The van der Waals surface area contributed by atoms with E-state index in [1.54, 1.807) is 13.4 Å². The van der Waals surface area contributed by atoms with Gasteiger partial charge in [0.05, 0.1) is 0 Å². The van der Waals surface area contributed by atoms with E-state index in [9.17, 15) is 4.79 Å². The molecule has 0 aliphatic carbocycles. The first-order valence-electron chi connectivity index (χ1n) is 5.47. The molecule has 0 bridgehead atoms. The van der Waals surface area contributed by atoms with E-state index in [0.29, 0.717) is 12.6 Å². The third-order valence-electron chi connectivity index (χ3n) is 2.45. The van der Waals surface area contributed by atoms with Crippen LogP contribution in [-0.4, -0.2) is 26.9 Å². The highest BCUT2D eigenvalue weighted by molar-refractivity contribution is 4.66. The molecule has 86 valence electrons. The molecule has 0 aromatic carbocycles. The van der Waals surface area contributed by atoms with Crippen LogP contribution in [0.4, 0.5) is 0 Å². The molecule has 1 rings (SSSR count). The highest BCUT2D eigenvalue weighted by Gasteiger charge is 2.03. The lowest BCUT2D eigenvalue weighted by Gasteiger charge is -2.11. The molecule has 1 unspecified atom stereocenters. The Balaban J connectivity index is 2.32. The zero-order chi connectivity index (χ0) is 11.3. The minimum atomic E-state index is -0.0360. The van der Waals surface area contributed by atoms with Crippen LogP contribution in [0.2, 0.25) is 0 Å². The van der Waals surface area contributed by atoms with E-state index in [1.807, 2.05) is 0 Å². The van der Waals surface area contributed by atoms with Crippen molar-refractivity contribution >= 4 is 0 Å². The summed E-state index contributed by atoms with van der Waals surface area (Å²) in [6.45, 7) is 5.95. The van der Waals surface area contributed by atoms with Crippen LogP contribution in [0.1, 0.15) is 26.7 Å². The molecule has 5 nitrogen and oxygen atoms in total. The van der Waals surface area contributed by atoms with Gasteiger partial charge in [-0.15, -0.1) is 0 Å². The number of aromatic nitrogens is 3. The molecule has 0 amide bonds. The topological polar surface area (TPSA) is 51.9 Å². The summed E-state index contributed by atoms with van der Waals surface area (Å²) in [7, 11) is 1.72. The van der Waals surface area contributed by atoms with Gasteiger partial charge in [-0.2, -0.15) is 5.10 Å². The standard InChI is InChI=1S/C10H20N4O/c1-4-11-9(2)6-5-7-14-10(15)13(3)8-12-14/h8-9,11H,4-7H2,1-3H3. The number of hydrogen-bond donors (Lipinski definition) is 1. The SMILES string of the molecule is CCNC(C)CCCn1ncn(C)c1=O. The number of aryl methyl sites for hydroxylation is 2. The van der Waals surface area contributed by atoms with E-state index >= 15 is 0 Å². The molecule has 1 atom stereocenters. The van der Waals surface area contributed by atoms with Gasteiger partial charge in [-0.3, -0.25) is 4.57 Å². The quantitative estimate of drug-likeness (QED) is 0.740. The zero-order valence-corrected chi connectivity index (χ0v) is 9.73. The van der Waals surface area contributed by atoms with Crippen LogP contribution in [-0.2, 0) is 13.6 Å². The van der Waals surface area contributed by atoms with Crippen molar-refractivity contribution in [3.63, 3.8) is 0 Å². The van der Waals surface area contributed by atoms with Crippen molar-refractivity contribution in [1.29, 1.82) is 0 Å². The number of hydrogen-bond acceptors (Lipinski definition) is 3. The van der Waals surface area contributed by atoms with Crippen LogP contribution in [0.15, 0.2) is 11.1 Å². The van der Waals surface area contributed by atoms with Gasteiger partial charge in [0.15, 0.2) is 0 Å². The van der Waals surface area contributed by atoms with Crippen molar-refractivity contribution in [2.75, 3.05) is 6.54 Å². The molecular formula is C10H20N4O. The summed E-state index contributed by atoms with van der Waals surface area (Å²) < 4.78 is 3.01. The van der Waals surface area contributed by atoms with Gasteiger partial charge < -0.3 is 5.32 Å². The first-order chi connectivity index (χ1) is 7.15. The molecule has 1 aromatic heterocycles. The maximum absolute atomic E-state index is 11.4. The Morgan fingerprint density at radius 2 is 2.33 bits per heavy atom. The predicted octanol–water partition coefficient (Wildman–Crippen LogP) is 0.360. The van der Waals surface area contributed by atoms with Gasteiger partial charge in [0, 0.05) is 19.6 Å². The normalized spacial score (nSPS) is 13.0. The summed E-state index contributed by atoms with van der Waals surface area (Å²) in [5.74, 6) is 0. The minimum absolute atomic E-state index is 0.0360. The van der Waals surface area contributed by atoms with Crippen LogP contribution in [0.5, 0.6) is 0 Å². The highest BCUT2D eigenvalue weighted by Crippen LogP contribution is 1.97. The number of rotatable bonds is 6. The second kappa shape index (κ2) is 5.70. The van der Waals surface area contributed by atoms with E-state index in [2.05, 4.69) is 24.3 Å². The molecule has 0 saturated carbocycles. The van der Waals surface area contributed by atoms with Gasteiger partial charge in [-0.25, -0.2) is 9.48 Å². The second-order valence-corrected chi connectivity index (χ2v) is 3.85. The Bertz CT molecular complexity index is 341. The number of nitrogens with one attached hydrogen (secondary N) is 1. The van der Waals surface area contributed by atoms with Crippen molar-refractivity contribution in [2.24, 2.45) is 7.05 Å². The van der Waals surface area contributed by atoms with Crippen LogP contribution in [0.25, 0.3) is 0 Å². The molecular weight excluding hydrogens is 192 g/mol. The molecule has 0 aliphatic rings. The van der Waals surface area contributed by atoms with Crippen molar-refractivity contribution in [1.82, 2.24) is 19.7 Å². The van der Waals surface area contributed by atoms with Crippen molar-refractivity contribution in [2.45, 2.75) is 39.3 Å². The average molecular weight is 212 g/mol. The number of nitrogens with zero attached hydrogens (tertiary/aromatic N) is 3. The summed E-state index contributed by atoms with van der Waals surface area (Å²) in [4.78, 5) is 11.4. The van der Waals surface area contributed by atoms with Crippen LogP contribution < -0.4 is 11.0 Å². The van der Waals surface area contributed by atoms with Crippen molar-refractivity contribution < 1.29 is 0 Å². The third-order valence-corrected chi connectivity index (χ3v) is 2.45. The first-order valence-corrected chi connectivity index (χ1v) is 5.47. The molecule has 0 radical (unpaired) electrons. The molecule has 0 saturated heterocycles. The Morgan fingerprint density at radius 1 is 1.60 bits per heavy atom. The Labute approximate surface area is 90.1 Å². The van der Waals surface area contributed by atoms with E-state index in [1.165, 1.54) is 9.25 Å². The summed E-state index contributed by atoms with van der Waals surface area (Å²) in [6.07, 6.45) is 3.60. The van der Waals surface area contributed by atoms with E-state index in [-0.39, 0.29) is 5.69 Å². The fourth-order valence-electron chi connectivity index (χ4n) is 1.57. The Morgan fingerprint density at radius 3 is 2.87 bits per heavy atom. The highest BCUT2D eigenvalue weighted by atomic mass is 16.2. The molecule has 1 aromatic rings. The van der Waals surface area contributed by atoms with Crippen LogP contribution in [0, 0.1) is 0 Å². The lowest BCUT2D eigenvalue weighted by atomic mass is 10.2. The van der Waals surface area contributed by atoms with Crippen LogP contribution >= 0.6 is 0 Å². The fraction of sp³-hybridized carbons (Fsp3) is 0.800. The fourth-order valence-corrected chi connectivity index (χ4v) is 1.57. The Hall–Kier alpha value is -1.10. The maximum Gasteiger partial charge on any atom is 0.345 e. The van der Waals surface area contributed by atoms with Gasteiger partial charge >= 0.3 is 5.69 Å². The van der Waals surface area contributed by atoms with Gasteiger partial charge in [0.25, 0.3) is 0 Å². The lowest BCUT2D eigenvalue weighted by Crippen LogP contribution is -2.27. The lowest BCUT2D eigenvalue weighted by molar-refractivity contribution is 0.465. The third kappa shape index (κ3) is 3.51. The predicted molar refractivity (Wildman–Crippen MR) is 59.8 cm³/mol. The molecule has 15 heavy (non-hydrogen) atoms. The first kappa shape index (κ1) is 12.0. The van der Waals surface area contributed by atoms with Gasteiger partial charge in [-0.05, 0) is 26.3 Å². The van der Waals surface area contributed by atoms with E-state index < -0.39 is 0 Å². The zero-order valence-electron chi connectivity index (χ0n) is 9.73. The Kier molecular flexibility index (Phi) is 4.55. The smallest absolute Gasteiger partial charge is 0.315 e. The second-order valence-electron chi connectivity index (χ2n) is 3.85. The molecule has 0 aliphatic heterocycles.